The molecule has 23 heavy (non-hydrogen) atoms. The summed E-state index contributed by atoms with van der Waals surface area (Å²) in [6, 6.07) is 8.97. The lowest BCUT2D eigenvalue weighted by Gasteiger charge is -2.14. The van der Waals surface area contributed by atoms with Gasteiger partial charge in [-0.25, -0.2) is 17.5 Å². The van der Waals surface area contributed by atoms with Crippen molar-refractivity contribution < 1.29 is 22.3 Å². The number of sulfonamides is 1. The maximum Gasteiger partial charge on any atom is 0.241 e. The zero-order valence-electron chi connectivity index (χ0n) is 13.1. The second-order valence-corrected chi connectivity index (χ2v) is 6.62. The van der Waals surface area contributed by atoms with Gasteiger partial charge in [0.05, 0.1) is 19.1 Å². The van der Waals surface area contributed by atoms with Crippen LogP contribution in [0.5, 0.6) is 11.5 Å². The minimum absolute atomic E-state index is 0.0616. The lowest BCUT2D eigenvalue weighted by molar-refractivity contribution is 0.353. The molecule has 0 saturated heterocycles. The van der Waals surface area contributed by atoms with Crippen molar-refractivity contribution in [3.05, 3.63) is 53.3 Å². The molecule has 0 aliphatic carbocycles. The Bertz CT molecular complexity index is 806. The highest BCUT2D eigenvalue weighted by molar-refractivity contribution is 7.89. The predicted molar refractivity (Wildman–Crippen MR) is 84.7 cm³/mol. The van der Waals surface area contributed by atoms with E-state index in [0.717, 1.165) is 0 Å². The molecular formula is C16H18FNO4S. The molecule has 124 valence electrons. The zero-order chi connectivity index (χ0) is 17.0. The van der Waals surface area contributed by atoms with E-state index in [1.807, 2.05) is 0 Å². The molecular weight excluding hydrogens is 321 g/mol. The van der Waals surface area contributed by atoms with Crippen molar-refractivity contribution >= 4 is 10.0 Å². The van der Waals surface area contributed by atoms with Crippen molar-refractivity contribution in [1.82, 2.24) is 4.72 Å². The lowest BCUT2D eigenvalue weighted by atomic mass is 10.2. The smallest absolute Gasteiger partial charge is 0.241 e. The van der Waals surface area contributed by atoms with Gasteiger partial charge in [0.25, 0.3) is 0 Å². The number of rotatable bonds is 6. The molecule has 0 aliphatic heterocycles. The van der Waals surface area contributed by atoms with Crippen LogP contribution in [0.2, 0.25) is 0 Å². The Kier molecular flexibility index (Phi) is 5.23. The second kappa shape index (κ2) is 6.97. The van der Waals surface area contributed by atoms with Crippen LogP contribution in [-0.4, -0.2) is 22.6 Å². The van der Waals surface area contributed by atoms with E-state index in [2.05, 4.69) is 4.72 Å². The zero-order valence-corrected chi connectivity index (χ0v) is 13.9. The summed E-state index contributed by atoms with van der Waals surface area (Å²) in [6.07, 6.45) is 0. The first-order valence-corrected chi connectivity index (χ1v) is 8.33. The summed E-state index contributed by atoms with van der Waals surface area (Å²) in [4.78, 5) is 0.0616. The van der Waals surface area contributed by atoms with Crippen LogP contribution in [-0.2, 0) is 16.6 Å². The van der Waals surface area contributed by atoms with E-state index in [4.69, 9.17) is 9.47 Å². The number of aryl methyl sites for hydroxylation is 1. The molecule has 0 aromatic heterocycles. The van der Waals surface area contributed by atoms with Crippen molar-refractivity contribution in [2.75, 3.05) is 14.2 Å². The molecule has 2 aromatic rings. The minimum Gasteiger partial charge on any atom is -0.493 e. The van der Waals surface area contributed by atoms with Gasteiger partial charge in [0.1, 0.15) is 5.82 Å². The van der Waals surface area contributed by atoms with Crippen LogP contribution in [0, 0.1) is 12.7 Å². The molecule has 0 unspecified atom stereocenters. The first-order chi connectivity index (χ1) is 10.9. The molecule has 7 heteroatoms. The highest BCUT2D eigenvalue weighted by Crippen LogP contribution is 2.32. The van der Waals surface area contributed by atoms with Gasteiger partial charge < -0.3 is 9.47 Å². The van der Waals surface area contributed by atoms with Gasteiger partial charge in [-0.15, -0.1) is 0 Å². The summed E-state index contributed by atoms with van der Waals surface area (Å²) < 4.78 is 51.2. The number of methoxy groups -OCH3 is 2. The number of benzene rings is 2. The highest BCUT2D eigenvalue weighted by Gasteiger charge is 2.20. The summed E-state index contributed by atoms with van der Waals surface area (Å²) in [7, 11) is -0.915. The van der Waals surface area contributed by atoms with Gasteiger partial charge in [0.15, 0.2) is 11.5 Å². The van der Waals surface area contributed by atoms with Gasteiger partial charge >= 0.3 is 0 Å². The molecule has 0 fully saturated rings. The first kappa shape index (κ1) is 17.2. The molecule has 1 N–H and O–H groups in total. The normalized spacial score (nSPS) is 11.3. The highest BCUT2D eigenvalue weighted by atomic mass is 32.2. The Labute approximate surface area is 135 Å². The predicted octanol–water partition coefficient (Wildman–Crippen LogP) is 2.63. The summed E-state index contributed by atoms with van der Waals surface area (Å²) in [5, 5.41) is 0. The maximum atomic E-state index is 13.6. The van der Waals surface area contributed by atoms with E-state index in [1.54, 1.807) is 25.1 Å². The molecule has 0 heterocycles. The fourth-order valence-electron chi connectivity index (χ4n) is 2.14. The minimum atomic E-state index is -3.82. The van der Waals surface area contributed by atoms with E-state index in [9.17, 15) is 12.8 Å². The monoisotopic (exact) mass is 339 g/mol. The molecule has 2 aromatic carbocycles. The Morgan fingerprint density at radius 2 is 1.70 bits per heavy atom. The first-order valence-electron chi connectivity index (χ1n) is 6.84. The van der Waals surface area contributed by atoms with Gasteiger partial charge in [0, 0.05) is 18.2 Å². The number of halogens is 1. The van der Waals surface area contributed by atoms with Gasteiger partial charge in [-0.2, -0.15) is 0 Å². The third-order valence-electron chi connectivity index (χ3n) is 3.38. The molecule has 0 bridgehead atoms. The number of hydrogen-bond acceptors (Lipinski definition) is 4. The lowest BCUT2D eigenvalue weighted by Crippen LogP contribution is -2.24. The Morgan fingerprint density at radius 3 is 2.30 bits per heavy atom. The fraction of sp³-hybridized carbons (Fsp3) is 0.250. The van der Waals surface area contributed by atoms with Crippen LogP contribution in [0.25, 0.3) is 0 Å². The Hall–Kier alpha value is -2.12. The van der Waals surface area contributed by atoms with E-state index < -0.39 is 15.8 Å². The van der Waals surface area contributed by atoms with Gasteiger partial charge in [-0.05, 0) is 24.6 Å². The SMILES string of the molecule is COc1cc(C)c(S(=O)(=O)NCc2ccccc2F)cc1OC. The molecule has 0 aliphatic rings. The van der Waals surface area contributed by atoms with Crippen LogP contribution in [0.1, 0.15) is 11.1 Å². The molecule has 0 spiro atoms. The van der Waals surface area contributed by atoms with Gasteiger partial charge in [-0.1, -0.05) is 18.2 Å². The standard InChI is InChI=1S/C16H18FNO4S/c1-11-8-14(21-2)15(22-3)9-16(11)23(19,20)18-10-12-6-4-5-7-13(12)17/h4-9,18H,10H2,1-3H3. The topological polar surface area (TPSA) is 64.6 Å². The second-order valence-electron chi connectivity index (χ2n) is 4.89. The number of ether oxygens (including phenoxy) is 2. The van der Waals surface area contributed by atoms with E-state index in [1.165, 1.54) is 32.4 Å². The van der Waals surface area contributed by atoms with Crippen molar-refractivity contribution in [2.24, 2.45) is 0 Å². The molecule has 0 saturated carbocycles. The molecule has 0 amide bonds. The van der Waals surface area contributed by atoms with E-state index in [-0.39, 0.29) is 17.0 Å². The largest absolute Gasteiger partial charge is 0.493 e. The summed E-state index contributed by atoms with van der Waals surface area (Å²) in [6.45, 7) is 1.52. The van der Waals surface area contributed by atoms with Crippen molar-refractivity contribution in [2.45, 2.75) is 18.4 Å². The summed E-state index contributed by atoms with van der Waals surface area (Å²) >= 11 is 0. The molecule has 0 radical (unpaired) electrons. The van der Waals surface area contributed by atoms with Crippen molar-refractivity contribution in [3.8, 4) is 11.5 Å². The number of nitrogens with one attached hydrogen (secondary N) is 1. The van der Waals surface area contributed by atoms with Crippen molar-refractivity contribution in [3.63, 3.8) is 0 Å². The average molecular weight is 339 g/mol. The van der Waals surface area contributed by atoms with E-state index in [0.29, 0.717) is 17.1 Å². The summed E-state index contributed by atoms with van der Waals surface area (Å²) in [5.41, 5.74) is 0.776. The number of hydrogen-bond donors (Lipinski definition) is 1. The van der Waals surface area contributed by atoms with Crippen LogP contribution in [0.4, 0.5) is 4.39 Å². The summed E-state index contributed by atoms with van der Waals surface area (Å²) in [5.74, 6) is 0.293. The third-order valence-corrected chi connectivity index (χ3v) is 4.92. The van der Waals surface area contributed by atoms with E-state index >= 15 is 0 Å². The third kappa shape index (κ3) is 3.80. The van der Waals surface area contributed by atoms with Crippen LogP contribution >= 0.6 is 0 Å². The molecule has 5 nitrogen and oxygen atoms in total. The molecule has 0 atom stereocenters. The van der Waals surface area contributed by atoms with Crippen molar-refractivity contribution in [1.29, 1.82) is 0 Å². The average Bonchev–Trinajstić information content (AvgIpc) is 2.53. The molecule has 2 rings (SSSR count). The van der Waals surface area contributed by atoms with Crippen LogP contribution < -0.4 is 14.2 Å². The van der Waals surface area contributed by atoms with Crippen LogP contribution in [0.3, 0.4) is 0 Å². The van der Waals surface area contributed by atoms with Gasteiger partial charge in [0.2, 0.25) is 10.0 Å². The fourth-order valence-corrected chi connectivity index (χ4v) is 3.39. The maximum absolute atomic E-state index is 13.6. The van der Waals surface area contributed by atoms with Crippen LogP contribution in [0.15, 0.2) is 41.3 Å². The quantitative estimate of drug-likeness (QED) is 0.879. The Morgan fingerprint density at radius 1 is 1.09 bits per heavy atom. The Balaban J connectivity index is 2.31. The van der Waals surface area contributed by atoms with Gasteiger partial charge in [-0.3, -0.25) is 0 Å².